The quantitative estimate of drug-likeness (QED) is 0.680. The lowest BCUT2D eigenvalue weighted by atomic mass is 9.92. The molecule has 0 saturated carbocycles. The average molecular weight is 225 g/mol. The van der Waals surface area contributed by atoms with Crippen LogP contribution < -0.4 is 0 Å². The van der Waals surface area contributed by atoms with Crippen molar-refractivity contribution < 1.29 is 8.78 Å². The minimum absolute atomic E-state index is 0.0607. The van der Waals surface area contributed by atoms with E-state index in [0.29, 0.717) is 6.42 Å². The fraction of sp³-hybridized carbons (Fsp3) is 0.333. The molecule has 0 fully saturated rings. The van der Waals surface area contributed by atoms with E-state index in [9.17, 15) is 13.7 Å². The summed E-state index contributed by atoms with van der Waals surface area (Å²) in [6.45, 7) is 3.53. The fourth-order valence-corrected chi connectivity index (χ4v) is 1.54. The summed E-state index contributed by atoms with van der Waals surface area (Å²) in [5.41, 5.74) is 0.204. The Bertz CT molecular complexity index is 411. The number of rotatable bonds is 4. The molecule has 86 valence electrons. The Labute approximate surface area is 93.0 Å². The molecule has 0 bridgehead atoms. The predicted octanol–water partition coefficient (Wildman–Crippen LogP) is 4.74. The second-order valence-electron chi connectivity index (χ2n) is 3.59. The minimum Gasteiger partial charge on any atom is -0.173 e. The molecule has 1 aromatic carbocycles. The molecule has 1 atom stereocenters. The zero-order valence-corrected chi connectivity index (χ0v) is 9.21. The number of nitroso groups, excluding NO2 is 1. The topological polar surface area (TPSA) is 29.4 Å². The highest BCUT2D eigenvalue weighted by Crippen LogP contribution is 2.35. The van der Waals surface area contributed by atoms with Gasteiger partial charge in [-0.3, -0.25) is 0 Å². The van der Waals surface area contributed by atoms with Crippen LogP contribution in [0.1, 0.15) is 25.8 Å². The summed E-state index contributed by atoms with van der Waals surface area (Å²) >= 11 is 0. The smallest absolute Gasteiger partial charge is 0.173 e. The second kappa shape index (κ2) is 5.49. The zero-order valence-electron chi connectivity index (χ0n) is 9.21. The van der Waals surface area contributed by atoms with Crippen molar-refractivity contribution in [2.75, 3.05) is 0 Å². The molecular formula is C12H13F2NO. The van der Waals surface area contributed by atoms with Crippen LogP contribution in [-0.4, -0.2) is 0 Å². The van der Waals surface area contributed by atoms with Crippen LogP contribution in [0, 0.1) is 10.8 Å². The second-order valence-corrected chi connectivity index (χ2v) is 3.59. The van der Waals surface area contributed by atoms with Gasteiger partial charge < -0.3 is 0 Å². The van der Waals surface area contributed by atoms with Gasteiger partial charge in [-0.15, -0.1) is 4.91 Å². The lowest BCUT2D eigenvalue weighted by Gasteiger charge is -2.14. The molecule has 0 heterocycles. The van der Waals surface area contributed by atoms with Crippen LogP contribution in [0.5, 0.6) is 0 Å². The van der Waals surface area contributed by atoms with E-state index in [4.69, 9.17) is 0 Å². The Morgan fingerprint density at radius 1 is 1.38 bits per heavy atom. The lowest BCUT2D eigenvalue weighted by Crippen LogP contribution is -1.99. The summed E-state index contributed by atoms with van der Waals surface area (Å²) in [6, 6.07) is 6.16. The van der Waals surface area contributed by atoms with E-state index in [1.54, 1.807) is 19.1 Å². The van der Waals surface area contributed by atoms with Gasteiger partial charge in [0, 0.05) is 11.1 Å². The molecule has 0 aliphatic rings. The van der Waals surface area contributed by atoms with Crippen molar-refractivity contribution in [1.29, 1.82) is 0 Å². The van der Waals surface area contributed by atoms with Crippen LogP contribution in [-0.2, 0) is 0 Å². The number of nitrogens with zero attached hydrogens (tertiary/aromatic N) is 1. The maximum absolute atomic E-state index is 12.9. The summed E-state index contributed by atoms with van der Waals surface area (Å²) in [6.07, 6.45) is -1.16. The Balaban J connectivity index is 3.33. The Morgan fingerprint density at radius 3 is 2.50 bits per heavy atom. The van der Waals surface area contributed by atoms with Crippen molar-refractivity contribution in [3.63, 3.8) is 0 Å². The van der Waals surface area contributed by atoms with E-state index in [-0.39, 0.29) is 22.7 Å². The maximum Gasteiger partial charge on any atom is 0.274 e. The minimum atomic E-state index is -1.74. The van der Waals surface area contributed by atoms with Gasteiger partial charge >= 0.3 is 0 Å². The van der Waals surface area contributed by atoms with E-state index in [1.807, 2.05) is 6.92 Å². The van der Waals surface area contributed by atoms with E-state index in [0.717, 1.165) is 0 Å². The molecule has 2 nitrogen and oxygen atoms in total. The van der Waals surface area contributed by atoms with Crippen molar-refractivity contribution in [3.05, 3.63) is 40.8 Å². The highest BCUT2D eigenvalue weighted by molar-refractivity contribution is 5.76. The molecule has 0 radical (unpaired) electrons. The Kier molecular flexibility index (Phi) is 4.28. The number of benzene rings is 1. The summed E-state index contributed by atoms with van der Waals surface area (Å²) in [7, 11) is 0. The standard InChI is InChI=1S/C12H13F2NO/c1-3-8(2)11(12(13)14)9-6-4-5-7-10(9)15-16/h4-8H,3H2,1-2H3. The monoisotopic (exact) mass is 225 g/mol. The third-order valence-electron chi connectivity index (χ3n) is 2.60. The molecule has 0 amide bonds. The van der Waals surface area contributed by atoms with Gasteiger partial charge in [0.05, 0.1) is 0 Å². The number of allylic oxidation sites excluding steroid dienone is 1. The predicted molar refractivity (Wildman–Crippen MR) is 60.5 cm³/mol. The zero-order chi connectivity index (χ0) is 12.1. The molecule has 0 aromatic heterocycles. The molecule has 0 saturated heterocycles. The molecule has 1 aromatic rings. The van der Waals surface area contributed by atoms with Crippen LogP contribution >= 0.6 is 0 Å². The first kappa shape index (κ1) is 12.5. The first-order valence-corrected chi connectivity index (χ1v) is 5.09. The first-order valence-electron chi connectivity index (χ1n) is 5.09. The van der Waals surface area contributed by atoms with Crippen LogP contribution in [0.15, 0.2) is 35.5 Å². The van der Waals surface area contributed by atoms with E-state index < -0.39 is 6.08 Å². The van der Waals surface area contributed by atoms with Crippen molar-refractivity contribution in [3.8, 4) is 0 Å². The summed E-state index contributed by atoms with van der Waals surface area (Å²) in [4.78, 5) is 10.5. The molecular weight excluding hydrogens is 212 g/mol. The van der Waals surface area contributed by atoms with Gasteiger partial charge in [0.1, 0.15) is 5.69 Å². The molecule has 0 aliphatic carbocycles. The van der Waals surface area contributed by atoms with Crippen molar-refractivity contribution >= 4 is 11.3 Å². The van der Waals surface area contributed by atoms with Gasteiger partial charge in [-0.05, 0) is 23.6 Å². The molecule has 1 rings (SSSR count). The molecule has 0 spiro atoms. The Morgan fingerprint density at radius 2 is 2.00 bits per heavy atom. The van der Waals surface area contributed by atoms with Crippen LogP contribution in [0.25, 0.3) is 5.57 Å². The molecule has 16 heavy (non-hydrogen) atoms. The summed E-state index contributed by atoms with van der Waals surface area (Å²) < 4.78 is 25.7. The third kappa shape index (κ3) is 2.51. The number of halogens is 2. The summed E-state index contributed by atoms with van der Waals surface area (Å²) in [5.74, 6) is -0.298. The first-order chi connectivity index (χ1) is 7.61. The van der Waals surface area contributed by atoms with Crippen molar-refractivity contribution in [2.45, 2.75) is 20.3 Å². The van der Waals surface area contributed by atoms with E-state index in [1.165, 1.54) is 12.1 Å². The van der Waals surface area contributed by atoms with Gasteiger partial charge in [-0.1, -0.05) is 32.0 Å². The SMILES string of the molecule is CCC(C)C(=C(F)F)c1ccccc1N=O. The van der Waals surface area contributed by atoms with Gasteiger partial charge in [-0.2, -0.15) is 8.78 Å². The van der Waals surface area contributed by atoms with Crippen LogP contribution in [0.3, 0.4) is 0 Å². The normalized spacial score (nSPS) is 12.0. The molecule has 0 aliphatic heterocycles. The molecule has 4 heteroatoms. The van der Waals surface area contributed by atoms with E-state index in [2.05, 4.69) is 5.18 Å². The summed E-state index contributed by atoms with van der Waals surface area (Å²) in [5, 5.41) is 2.77. The van der Waals surface area contributed by atoms with Gasteiger partial charge in [-0.25, -0.2) is 0 Å². The lowest BCUT2D eigenvalue weighted by molar-refractivity contribution is 0.417. The largest absolute Gasteiger partial charge is 0.274 e. The highest BCUT2D eigenvalue weighted by Gasteiger charge is 2.18. The fourth-order valence-electron chi connectivity index (χ4n) is 1.54. The molecule has 0 N–H and O–H groups in total. The molecule has 1 unspecified atom stereocenters. The van der Waals surface area contributed by atoms with Crippen molar-refractivity contribution in [2.24, 2.45) is 11.1 Å². The number of hydrogen-bond acceptors (Lipinski definition) is 2. The highest BCUT2D eigenvalue weighted by atomic mass is 19.3. The van der Waals surface area contributed by atoms with Gasteiger partial charge in [0.25, 0.3) is 6.08 Å². The third-order valence-corrected chi connectivity index (χ3v) is 2.60. The van der Waals surface area contributed by atoms with E-state index >= 15 is 0 Å². The van der Waals surface area contributed by atoms with Gasteiger partial charge in [0.2, 0.25) is 0 Å². The number of hydrogen-bond donors (Lipinski definition) is 0. The maximum atomic E-state index is 12.9. The van der Waals surface area contributed by atoms with Crippen LogP contribution in [0.2, 0.25) is 0 Å². The van der Waals surface area contributed by atoms with Crippen molar-refractivity contribution in [1.82, 2.24) is 0 Å². The van der Waals surface area contributed by atoms with Crippen LogP contribution in [0.4, 0.5) is 14.5 Å². The average Bonchev–Trinajstić information content (AvgIpc) is 2.29. The Hall–Kier alpha value is -1.58. The van der Waals surface area contributed by atoms with Gasteiger partial charge in [0.15, 0.2) is 0 Å².